The predicted molar refractivity (Wildman–Crippen MR) is 84.4 cm³/mol. The monoisotopic (exact) mass is 358 g/mol. The molecule has 0 unspecified atom stereocenters. The largest absolute Gasteiger partial charge is 0.444 e. The fourth-order valence-electron chi connectivity index (χ4n) is 1.91. The number of halogens is 4. The number of anilines is 1. The van der Waals surface area contributed by atoms with E-state index in [1.54, 1.807) is 20.8 Å². The zero-order valence-electron chi connectivity index (χ0n) is 13.1. The van der Waals surface area contributed by atoms with Crippen LogP contribution in [0.3, 0.4) is 0 Å². The van der Waals surface area contributed by atoms with Gasteiger partial charge in [0.05, 0.1) is 17.4 Å². The van der Waals surface area contributed by atoms with Crippen LogP contribution in [0, 0.1) is 17.5 Å². The first-order valence-electron chi connectivity index (χ1n) is 6.87. The predicted octanol–water partition coefficient (Wildman–Crippen LogP) is 5.17. The summed E-state index contributed by atoms with van der Waals surface area (Å²) in [6.45, 7) is 5.05. The molecular formula is C16H14ClF3N2O2. The van der Waals surface area contributed by atoms with Gasteiger partial charge in [0.25, 0.3) is 0 Å². The molecule has 1 amide bonds. The first-order chi connectivity index (χ1) is 11.1. The van der Waals surface area contributed by atoms with Crippen molar-refractivity contribution in [1.82, 2.24) is 4.98 Å². The van der Waals surface area contributed by atoms with Gasteiger partial charge in [-0.1, -0.05) is 11.6 Å². The third kappa shape index (κ3) is 4.38. The van der Waals surface area contributed by atoms with Gasteiger partial charge >= 0.3 is 6.09 Å². The topological polar surface area (TPSA) is 51.2 Å². The zero-order chi connectivity index (χ0) is 18.1. The van der Waals surface area contributed by atoms with Gasteiger partial charge in [-0.05, 0) is 26.8 Å². The Morgan fingerprint density at radius 1 is 1.17 bits per heavy atom. The standard InChI is InChI=1S/C16H14ClF3N2O2/c1-16(2,3)24-15(23)22-9-6-10(14(17)21-7-9)13-11(19)4-8(18)5-12(13)20/h4-7H,1-3H3,(H,22,23). The molecule has 1 heterocycles. The fraction of sp³-hybridized carbons (Fsp3) is 0.250. The van der Waals surface area contributed by atoms with E-state index in [1.807, 2.05) is 0 Å². The summed E-state index contributed by atoms with van der Waals surface area (Å²) in [5, 5.41) is 2.19. The van der Waals surface area contributed by atoms with Crippen LogP contribution in [0.2, 0.25) is 5.15 Å². The Balaban J connectivity index is 2.38. The summed E-state index contributed by atoms with van der Waals surface area (Å²) in [7, 11) is 0. The molecule has 1 aromatic heterocycles. The van der Waals surface area contributed by atoms with Gasteiger partial charge in [0.1, 0.15) is 28.2 Å². The van der Waals surface area contributed by atoms with E-state index in [9.17, 15) is 18.0 Å². The molecule has 0 atom stereocenters. The number of aromatic nitrogens is 1. The Morgan fingerprint density at radius 3 is 2.29 bits per heavy atom. The van der Waals surface area contributed by atoms with E-state index in [2.05, 4.69) is 10.3 Å². The molecule has 0 aliphatic heterocycles. The summed E-state index contributed by atoms with van der Waals surface area (Å²) in [6, 6.07) is 2.28. The fourth-order valence-corrected chi connectivity index (χ4v) is 2.11. The van der Waals surface area contributed by atoms with Crippen LogP contribution in [0.15, 0.2) is 24.4 Å². The molecule has 128 valence electrons. The van der Waals surface area contributed by atoms with Crippen LogP contribution in [0.5, 0.6) is 0 Å². The van der Waals surface area contributed by atoms with Crippen molar-refractivity contribution in [2.45, 2.75) is 26.4 Å². The van der Waals surface area contributed by atoms with Crippen molar-refractivity contribution >= 4 is 23.4 Å². The van der Waals surface area contributed by atoms with Crippen LogP contribution in [-0.2, 0) is 4.74 Å². The van der Waals surface area contributed by atoms with E-state index in [0.717, 1.165) is 0 Å². The molecule has 0 fully saturated rings. The minimum absolute atomic E-state index is 0.117. The first-order valence-corrected chi connectivity index (χ1v) is 7.25. The molecule has 2 rings (SSSR count). The second-order valence-electron chi connectivity index (χ2n) is 5.93. The summed E-state index contributed by atoms with van der Waals surface area (Å²) in [5.41, 5.74) is -1.27. The van der Waals surface area contributed by atoms with Crippen LogP contribution >= 0.6 is 11.6 Å². The Bertz CT molecular complexity index is 768. The van der Waals surface area contributed by atoms with E-state index < -0.39 is 34.7 Å². The molecule has 0 saturated carbocycles. The van der Waals surface area contributed by atoms with Crippen LogP contribution in [0.1, 0.15) is 20.8 Å². The lowest BCUT2D eigenvalue weighted by molar-refractivity contribution is 0.0636. The van der Waals surface area contributed by atoms with E-state index in [-0.39, 0.29) is 16.4 Å². The van der Waals surface area contributed by atoms with E-state index in [4.69, 9.17) is 16.3 Å². The number of hydrogen-bond acceptors (Lipinski definition) is 3. The molecule has 2 aromatic rings. The Labute approximate surface area is 141 Å². The van der Waals surface area contributed by atoms with Crippen LogP contribution in [-0.4, -0.2) is 16.7 Å². The molecule has 4 nitrogen and oxygen atoms in total. The second kappa shape index (κ2) is 6.68. The number of amides is 1. The van der Waals surface area contributed by atoms with Gasteiger partial charge in [0.2, 0.25) is 0 Å². The maximum absolute atomic E-state index is 13.9. The van der Waals surface area contributed by atoms with Crippen molar-refractivity contribution in [3.63, 3.8) is 0 Å². The van der Waals surface area contributed by atoms with Gasteiger partial charge in [0, 0.05) is 17.7 Å². The molecular weight excluding hydrogens is 345 g/mol. The average Bonchev–Trinajstić information content (AvgIpc) is 2.38. The number of carbonyl (C=O) groups excluding carboxylic acids is 1. The molecule has 0 radical (unpaired) electrons. The molecule has 8 heteroatoms. The maximum Gasteiger partial charge on any atom is 0.412 e. The smallest absolute Gasteiger partial charge is 0.412 e. The normalized spacial score (nSPS) is 11.3. The highest BCUT2D eigenvalue weighted by Crippen LogP contribution is 2.33. The second-order valence-corrected chi connectivity index (χ2v) is 6.29. The number of rotatable bonds is 2. The van der Waals surface area contributed by atoms with Gasteiger partial charge in [-0.15, -0.1) is 0 Å². The van der Waals surface area contributed by atoms with E-state index >= 15 is 0 Å². The minimum Gasteiger partial charge on any atom is -0.444 e. The molecule has 24 heavy (non-hydrogen) atoms. The number of ether oxygens (including phenoxy) is 1. The highest BCUT2D eigenvalue weighted by atomic mass is 35.5. The van der Waals surface area contributed by atoms with E-state index in [1.165, 1.54) is 12.3 Å². The van der Waals surface area contributed by atoms with Gasteiger partial charge in [0.15, 0.2) is 0 Å². The van der Waals surface area contributed by atoms with Crippen molar-refractivity contribution in [1.29, 1.82) is 0 Å². The van der Waals surface area contributed by atoms with Gasteiger partial charge in [-0.25, -0.2) is 22.9 Å². The van der Waals surface area contributed by atoms with Crippen LogP contribution < -0.4 is 5.32 Å². The van der Waals surface area contributed by atoms with Gasteiger partial charge < -0.3 is 4.74 Å². The van der Waals surface area contributed by atoms with Crippen molar-refractivity contribution < 1.29 is 22.7 Å². The Kier molecular flexibility index (Phi) is 5.03. The number of benzene rings is 1. The number of hydrogen-bond donors (Lipinski definition) is 1. The average molecular weight is 359 g/mol. The van der Waals surface area contributed by atoms with E-state index in [0.29, 0.717) is 12.1 Å². The van der Waals surface area contributed by atoms with Crippen molar-refractivity contribution in [3.8, 4) is 11.1 Å². The summed E-state index contributed by atoms with van der Waals surface area (Å²) < 4.78 is 45.9. The molecule has 1 aromatic carbocycles. The quantitative estimate of drug-likeness (QED) is 0.754. The third-order valence-corrected chi connectivity index (χ3v) is 3.06. The molecule has 0 spiro atoms. The number of nitrogens with one attached hydrogen (secondary N) is 1. The number of nitrogens with zero attached hydrogens (tertiary/aromatic N) is 1. The maximum atomic E-state index is 13.9. The molecule has 0 bridgehead atoms. The Hall–Kier alpha value is -2.28. The third-order valence-electron chi connectivity index (χ3n) is 2.76. The van der Waals surface area contributed by atoms with Crippen LogP contribution in [0.4, 0.5) is 23.7 Å². The summed E-state index contributed by atoms with van der Waals surface area (Å²) in [5.74, 6) is -3.32. The van der Waals surface area contributed by atoms with Crippen molar-refractivity contribution in [2.24, 2.45) is 0 Å². The molecule has 0 saturated heterocycles. The van der Waals surface area contributed by atoms with Crippen molar-refractivity contribution in [2.75, 3.05) is 5.32 Å². The first kappa shape index (κ1) is 18.1. The lowest BCUT2D eigenvalue weighted by atomic mass is 10.1. The highest BCUT2D eigenvalue weighted by molar-refractivity contribution is 6.32. The highest BCUT2D eigenvalue weighted by Gasteiger charge is 2.20. The lowest BCUT2D eigenvalue weighted by Crippen LogP contribution is -2.27. The zero-order valence-corrected chi connectivity index (χ0v) is 13.8. The summed E-state index contributed by atoms with van der Waals surface area (Å²) >= 11 is 5.88. The molecule has 0 aliphatic rings. The number of carbonyl (C=O) groups is 1. The summed E-state index contributed by atoms with van der Waals surface area (Å²) in [6.07, 6.45) is 0.437. The Morgan fingerprint density at radius 2 is 1.75 bits per heavy atom. The molecule has 0 aliphatic carbocycles. The van der Waals surface area contributed by atoms with Crippen LogP contribution in [0.25, 0.3) is 11.1 Å². The minimum atomic E-state index is -1.13. The van der Waals surface area contributed by atoms with Gasteiger partial charge in [-0.2, -0.15) is 0 Å². The van der Waals surface area contributed by atoms with Gasteiger partial charge in [-0.3, -0.25) is 5.32 Å². The summed E-state index contributed by atoms with van der Waals surface area (Å²) in [4.78, 5) is 15.5. The number of pyridine rings is 1. The molecule has 1 N–H and O–H groups in total. The van der Waals surface area contributed by atoms with Crippen molar-refractivity contribution in [3.05, 3.63) is 47.0 Å². The SMILES string of the molecule is CC(C)(C)OC(=O)Nc1cnc(Cl)c(-c2c(F)cc(F)cc2F)c1. The lowest BCUT2D eigenvalue weighted by Gasteiger charge is -2.19.